The Labute approximate surface area is 139 Å². The molecule has 120 valence electrons. The lowest BCUT2D eigenvalue weighted by Crippen LogP contribution is -2.35. The fraction of sp³-hybridized carbons (Fsp3) is 0.500. The summed E-state index contributed by atoms with van der Waals surface area (Å²) in [5.41, 5.74) is 0. The first-order valence-corrected chi connectivity index (χ1v) is 8.81. The highest BCUT2D eigenvalue weighted by atomic mass is 35.5. The molecule has 6 heteroatoms. The van der Waals surface area contributed by atoms with Crippen molar-refractivity contribution in [3.05, 3.63) is 29.3 Å². The summed E-state index contributed by atoms with van der Waals surface area (Å²) in [5.74, 6) is -0.183. The molecule has 0 bridgehead atoms. The number of hydrogen-bond acceptors (Lipinski definition) is 3. The summed E-state index contributed by atoms with van der Waals surface area (Å²) in [7, 11) is 0. The summed E-state index contributed by atoms with van der Waals surface area (Å²) in [4.78, 5) is 24.1. The van der Waals surface area contributed by atoms with E-state index in [-0.39, 0.29) is 17.7 Å². The maximum absolute atomic E-state index is 12.0. The van der Waals surface area contributed by atoms with Crippen LogP contribution in [-0.2, 0) is 9.59 Å². The zero-order chi connectivity index (χ0) is 15.9. The third kappa shape index (κ3) is 5.21. The van der Waals surface area contributed by atoms with Gasteiger partial charge in [0.2, 0.25) is 5.91 Å². The fourth-order valence-electron chi connectivity index (χ4n) is 2.62. The van der Waals surface area contributed by atoms with Crippen LogP contribution in [0.4, 0.5) is 0 Å². The van der Waals surface area contributed by atoms with E-state index in [0.717, 1.165) is 15.7 Å². The zero-order valence-corrected chi connectivity index (χ0v) is 13.8. The minimum atomic E-state index is -0.738. The van der Waals surface area contributed by atoms with E-state index >= 15 is 0 Å². The topological polar surface area (TPSA) is 66.4 Å². The lowest BCUT2D eigenvalue weighted by Gasteiger charge is -2.25. The summed E-state index contributed by atoms with van der Waals surface area (Å²) < 4.78 is 0. The van der Waals surface area contributed by atoms with E-state index in [1.807, 2.05) is 24.3 Å². The number of carbonyl (C=O) groups excluding carboxylic acids is 1. The SMILES string of the molecule is O=C(O)C1CCC(C(=O)NCCSc2ccc(Cl)cc2)CC1. The van der Waals surface area contributed by atoms with Crippen molar-refractivity contribution in [3.63, 3.8) is 0 Å². The fourth-order valence-corrected chi connectivity index (χ4v) is 3.52. The van der Waals surface area contributed by atoms with Crippen molar-refractivity contribution in [2.24, 2.45) is 11.8 Å². The largest absolute Gasteiger partial charge is 0.481 e. The molecule has 0 spiro atoms. The highest BCUT2D eigenvalue weighted by Gasteiger charge is 2.29. The Bertz CT molecular complexity index is 513. The second kappa shape index (κ2) is 8.44. The first-order valence-electron chi connectivity index (χ1n) is 7.45. The molecular weight excluding hydrogens is 322 g/mol. The summed E-state index contributed by atoms with van der Waals surface area (Å²) in [5, 5.41) is 12.6. The van der Waals surface area contributed by atoms with Gasteiger partial charge in [0.15, 0.2) is 0 Å². The van der Waals surface area contributed by atoms with E-state index in [0.29, 0.717) is 32.2 Å². The van der Waals surface area contributed by atoms with Crippen molar-refractivity contribution in [1.29, 1.82) is 0 Å². The second-order valence-electron chi connectivity index (χ2n) is 5.48. The Balaban J connectivity index is 1.64. The molecule has 1 fully saturated rings. The van der Waals surface area contributed by atoms with Crippen LogP contribution >= 0.6 is 23.4 Å². The van der Waals surface area contributed by atoms with Crippen molar-refractivity contribution < 1.29 is 14.7 Å². The van der Waals surface area contributed by atoms with Crippen molar-refractivity contribution in [2.75, 3.05) is 12.3 Å². The molecule has 4 nitrogen and oxygen atoms in total. The standard InChI is InChI=1S/C16H20ClNO3S/c17-13-5-7-14(8-6-13)22-10-9-18-15(19)11-1-3-12(4-2-11)16(20)21/h5-8,11-12H,1-4,9-10H2,(H,18,19)(H,20,21). The Morgan fingerprint density at radius 2 is 1.73 bits per heavy atom. The van der Waals surface area contributed by atoms with Gasteiger partial charge in [-0.05, 0) is 49.9 Å². The molecule has 0 radical (unpaired) electrons. The van der Waals surface area contributed by atoms with E-state index in [9.17, 15) is 9.59 Å². The van der Waals surface area contributed by atoms with E-state index in [1.54, 1.807) is 11.8 Å². The number of aliphatic carboxylic acids is 1. The van der Waals surface area contributed by atoms with Gasteiger partial charge in [-0.2, -0.15) is 0 Å². The second-order valence-corrected chi connectivity index (χ2v) is 7.08. The number of rotatable bonds is 6. The Hall–Kier alpha value is -1.20. The Morgan fingerprint density at radius 3 is 2.32 bits per heavy atom. The Kier molecular flexibility index (Phi) is 6.58. The van der Waals surface area contributed by atoms with Gasteiger partial charge in [0, 0.05) is 28.1 Å². The van der Waals surface area contributed by atoms with Crippen molar-refractivity contribution in [2.45, 2.75) is 30.6 Å². The van der Waals surface area contributed by atoms with E-state index in [2.05, 4.69) is 5.32 Å². The number of nitrogens with one attached hydrogen (secondary N) is 1. The van der Waals surface area contributed by atoms with Gasteiger partial charge in [-0.1, -0.05) is 11.6 Å². The van der Waals surface area contributed by atoms with Gasteiger partial charge in [-0.3, -0.25) is 9.59 Å². The van der Waals surface area contributed by atoms with Crippen LogP contribution in [0.2, 0.25) is 5.02 Å². The molecule has 1 amide bonds. The predicted molar refractivity (Wildman–Crippen MR) is 88.3 cm³/mol. The summed E-state index contributed by atoms with van der Waals surface area (Å²) in [6, 6.07) is 7.62. The molecule has 1 saturated carbocycles. The quantitative estimate of drug-likeness (QED) is 0.614. The van der Waals surface area contributed by atoms with Gasteiger partial charge >= 0.3 is 5.97 Å². The van der Waals surface area contributed by atoms with Gasteiger partial charge < -0.3 is 10.4 Å². The van der Waals surface area contributed by atoms with Crippen LogP contribution in [0.15, 0.2) is 29.2 Å². The van der Waals surface area contributed by atoms with E-state index < -0.39 is 5.97 Å². The number of hydrogen-bond donors (Lipinski definition) is 2. The molecule has 0 aliphatic heterocycles. The van der Waals surface area contributed by atoms with Crippen LogP contribution in [-0.4, -0.2) is 29.3 Å². The first-order chi connectivity index (χ1) is 10.6. The molecule has 2 N–H and O–H groups in total. The number of amides is 1. The van der Waals surface area contributed by atoms with Crippen molar-refractivity contribution in [3.8, 4) is 0 Å². The lowest BCUT2D eigenvalue weighted by atomic mass is 9.81. The minimum Gasteiger partial charge on any atom is -0.481 e. The third-order valence-corrected chi connectivity index (χ3v) is 5.20. The number of thioether (sulfide) groups is 1. The number of carbonyl (C=O) groups is 2. The molecule has 0 heterocycles. The molecule has 1 aromatic carbocycles. The van der Waals surface area contributed by atoms with Crippen LogP contribution in [0.1, 0.15) is 25.7 Å². The molecule has 1 aliphatic carbocycles. The van der Waals surface area contributed by atoms with Gasteiger partial charge in [0.05, 0.1) is 5.92 Å². The number of halogens is 1. The van der Waals surface area contributed by atoms with Gasteiger partial charge in [0.25, 0.3) is 0 Å². The van der Waals surface area contributed by atoms with Crippen molar-refractivity contribution in [1.82, 2.24) is 5.32 Å². The molecular formula is C16H20ClNO3S. The van der Waals surface area contributed by atoms with Gasteiger partial charge in [-0.25, -0.2) is 0 Å². The molecule has 0 unspecified atom stereocenters. The highest BCUT2D eigenvalue weighted by Crippen LogP contribution is 2.29. The lowest BCUT2D eigenvalue weighted by molar-refractivity contribution is -0.144. The number of benzene rings is 1. The first kappa shape index (κ1) is 17.2. The maximum atomic E-state index is 12.0. The smallest absolute Gasteiger partial charge is 0.306 e. The highest BCUT2D eigenvalue weighted by molar-refractivity contribution is 7.99. The summed E-state index contributed by atoms with van der Waals surface area (Å²) in [6.45, 7) is 0.616. The molecule has 2 rings (SSSR count). The van der Waals surface area contributed by atoms with Crippen LogP contribution < -0.4 is 5.32 Å². The van der Waals surface area contributed by atoms with E-state index in [1.165, 1.54) is 0 Å². The zero-order valence-electron chi connectivity index (χ0n) is 12.3. The van der Waals surface area contributed by atoms with Crippen molar-refractivity contribution >= 4 is 35.2 Å². The van der Waals surface area contributed by atoms with Gasteiger partial charge in [0.1, 0.15) is 0 Å². The van der Waals surface area contributed by atoms with Gasteiger partial charge in [-0.15, -0.1) is 11.8 Å². The normalized spacial score (nSPS) is 21.3. The molecule has 1 aliphatic rings. The summed E-state index contributed by atoms with van der Waals surface area (Å²) >= 11 is 7.50. The minimum absolute atomic E-state index is 0.0314. The van der Waals surface area contributed by atoms with Crippen LogP contribution in [0.3, 0.4) is 0 Å². The van der Waals surface area contributed by atoms with E-state index in [4.69, 9.17) is 16.7 Å². The Morgan fingerprint density at radius 1 is 1.14 bits per heavy atom. The average molecular weight is 342 g/mol. The molecule has 1 aromatic rings. The van der Waals surface area contributed by atoms with Crippen LogP contribution in [0.5, 0.6) is 0 Å². The number of carboxylic acids is 1. The summed E-state index contributed by atoms with van der Waals surface area (Å²) in [6.07, 6.45) is 2.56. The molecule has 0 aromatic heterocycles. The number of carboxylic acid groups (broad SMARTS) is 1. The average Bonchev–Trinajstić information content (AvgIpc) is 2.53. The van der Waals surface area contributed by atoms with Crippen LogP contribution in [0.25, 0.3) is 0 Å². The monoisotopic (exact) mass is 341 g/mol. The predicted octanol–water partition coefficient (Wildman–Crippen LogP) is 3.44. The third-order valence-electron chi connectivity index (χ3n) is 3.93. The molecule has 0 atom stereocenters. The molecule has 22 heavy (non-hydrogen) atoms. The molecule has 0 saturated heterocycles. The maximum Gasteiger partial charge on any atom is 0.306 e. The van der Waals surface area contributed by atoms with Crippen LogP contribution in [0, 0.1) is 11.8 Å².